The fourth-order valence-corrected chi connectivity index (χ4v) is 6.16. The summed E-state index contributed by atoms with van der Waals surface area (Å²) in [6.45, 7) is 4.99. The number of aliphatic hydroxyl groups is 1. The van der Waals surface area contributed by atoms with Crippen LogP contribution >= 0.6 is 0 Å². The minimum Gasteiger partial charge on any atom is -0.393 e. The van der Waals surface area contributed by atoms with E-state index >= 15 is 0 Å². The van der Waals surface area contributed by atoms with Crippen molar-refractivity contribution in [1.82, 2.24) is 0 Å². The first-order valence-electron chi connectivity index (χ1n) is 8.61. The molecule has 0 aromatic carbocycles. The van der Waals surface area contributed by atoms with E-state index in [0.29, 0.717) is 10.8 Å². The molecule has 0 amide bonds. The molecule has 1 unspecified atom stereocenters. The van der Waals surface area contributed by atoms with Gasteiger partial charge in [0.25, 0.3) is 0 Å². The number of hydrogen-bond acceptors (Lipinski definition) is 1. The maximum absolute atomic E-state index is 10.0. The fraction of sp³-hybridized carbons (Fsp3) is 0.789. The highest BCUT2D eigenvalue weighted by molar-refractivity contribution is 5.37. The predicted molar refractivity (Wildman–Crippen MR) is 82.2 cm³/mol. The van der Waals surface area contributed by atoms with Crippen molar-refractivity contribution in [3.8, 4) is 0 Å². The lowest BCUT2D eigenvalue weighted by Gasteiger charge is -2.58. The Hall–Kier alpha value is -0.560. The Kier molecular flexibility index (Phi) is 2.77. The summed E-state index contributed by atoms with van der Waals surface area (Å²) in [6, 6.07) is 0. The molecule has 4 rings (SSSR count). The number of fused-ring (bicyclic) bond motifs is 5. The molecule has 1 N–H and O–H groups in total. The summed E-state index contributed by atoms with van der Waals surface area (Å²) in [6.07, 6.45) is 15.9. The molecule has 0 heterocycles. The highest BCUT2D eigenvalue weighted by atomic mass is 16.3. The lowest BCUT2D eigenvalue weighted by molar-refractivity contribution is -0.0789. The third kappa shape index (κ3) is 1.65. The third-order valence-corrected chi connectivity index (χ3v) is 7.44. The lowest BCUT2D eigenvalue weighted by Crippen LogP contribution is -2.51. The molecular formula is C19H28O. The Morgan fingerprint density at radius 3 is 2.80 bits per heavy atom. The van der Waals surface area contributed by atoms with Gasteiger partial charge in [-0.3, -0.25) is 0 Å². The van der Waals surface area contributed by atoms with Crippen LogP contribution in [0, 0.1) is 28.6 Å². The summed E-state index contributed by atoms with van der Waals surface area (Å²) in [5.41, 5.74) is 2.60. The van der Waals surface area contributed by atoms with Crippen molar-refractivity contribution in [3.05, 3.63) is 23.8 Å². The van der Waals surface area contributed by atoms with Crippen molar-refractivity contribution in [3.63, 3.8) is 0 Å². The summed E-state index contributed by atoms with van der Waals surface area (Å²) in [5, 5.41) is 10.0. The Morgan fingerprint density at radius 1 is 1.10 bits per heavy atom. The topological polar surface area (TPSA) is 20.2 Å². The number of hydrogen-bond donors (Lipinski definition) is 1. The highest BCUT2D eigenvalue weighted by Gasteiger charge is 2.54. The van der Waals surface area contributed by atoms with Crippen LogP contribution in [0.15, 0.2) is 23.8 Å². The molecule has 4 aliphatic rings. The fourth-order valence-electron chi connectivity index (χ4n) is 6.16. The molecule has 20 heavy (non-hydrogen) atoms. The molecule has 0 bridgehead atoms. The molecule has 3 fully saturated rings. The zero-order valence-electron chi connectivity index (χ0n) is 12.9. The zero-order chi connectivity index (χ0) is 14.0. The van der Waals surface area contributed by atoms with Crippen LogP contribution in [-0.4, -0.2) is 11.2 Å². The second-order valence-electron chi connectivity index (χ2n) is 8.36. The zero-order valence-corrected chi connectivity index (χ0v) is 12.9. The van der Waals surface area contributed by atoms with Crippen molar-refractivity contribution in [2.24, 2.45) is 28.6 Å². The summed E-state index contributed by atoms with van der Waals surface area (Å²) in [4.78, 5) is 0. The van der Waals surface area contributed by atoms with E-state index in [9.17, 15) is 5.11 Å². The van der Waals surface area contributed by atoms with E-state index in [0.717, 1.165) is 30.6 Å². The number of aliphatic hydroxyl groups excluding tert-OH is 1. The van der Waals surface area contributed by atoms with E-state index in [1.165, 1.54) is 32.1 Å². The third-order valence-electron chi connectivity index (χ3n) is 7.44. The van der Waals surface area contributed by atoms with Crippen molar-refractivity contribution in [2.45, 2.75) is 64.9 Å². The van der Waals surface area contributed by atoms with E-state index in [2.05, 4.69) is 32.1 Å². The van der Waals surface area contributed by atoms with E-state index in [4.69, 9.17) is 0 Å². The summed E-state index contributed by atoms with van der Waals surface area (Å²) < 4.78 is 0. The van der Waals surface area contributed by atoms with Gasteiger partial charge < -0.3 is 5.11 Å². The summed E-state index contributed by atoms with van der Waals surface area (Å²) in [7, 11) is 0. The second kappa shape index (κ2) is 4.22. The molecule has 1 heteroatoms. The normalized spacial score (nSPS) is 53.9. The molecule has 0 saturated heterocycles. The van der Waals surface area contributed by atoms with Crippen LogP contribution in [-0.2, 0) is 0 Å². The van der Waals surface area contributed by atoms with Crippen molar-refractivity contribution < 1.29 is 5.11 Å². The molecule has 0 aromatic rings. The van der Waals surface area contributed by atoms with E-state index in [-0.39, 0.29) is 6.10 Å². The Bertz CT molecular complexity index is 476. The highest BCUT2D eigenvalue weighted by Crippen LogP contribution is 2.63. The average molecular weight is 272 g/mol. The Balaban J connectivity index is 1.66. The van der Waals surface area contributed by atoms with Gasteiger partial charge in [0, 0.05) is 5.41 Å². The van der Waals surface area contributed by atoms with Crippen molar-refractivity contribution >= 4 is 0 Å². The molecular weight excluding hydrogens is 244 g/mol. The quantitative estimate of drug-likeness (QED) is 0.689. The summed E-state index contributed by atoms with van der Waals surface area (Å²) >= 11 is 0. The molecule has 0 radical (unpaired) electrons. The summed E-state index contributed by atoms with van der Waals surface area (Å²) in [5.74, 6) is 2.46. The molecule has 4 aliphatic carbocycles. The first-order chi connectivity index (χ1) is 9.53. The molecule has 3 saturated carbocycles. The smallest absolute Gasteiger partial charge is 0.0543 e. The molecule has 0 spiro atoms. The number of rotatable bonds is 0. The van der Waals surface area contributed by atoms with Crippen LogP contribution in [0.4, 0.5) is 0 Å². The lowest BCUT2D eigenvalue weighted by atomic mass is 9.46. The SMILES string of the molecule is C[C@@]12C=CC=C1[C@@H]1CCC3C[C@@H](O)CC[C@]3(C)[C@H]1CC2. The molecule has 0 aromatic heterocycles. The van der Waals surface area contributed by atoms with E-state index in [1.807, 2.05) is 0 Å². The molecule has 6 atom stereocenters. The van der Waals surface area contributed by atoms with Gasteiger partial charge in [-0.15, -0.1) is 0 Å². The van der Waals surface area contributed by atoms with Crippen LogP contribution in [0.5, 0.6) is 0 Å². The van der Waals surface area contributed by atoms with Gasteiger partial charge in [-0.1, -0.05) is 37.6 Å². The van der Waals surface area contributed by atoms with Crippen LogP contribution in [0.2, 0.25) is 0 Å². The van der Waals surface area contributed by atoms with Gasteiger partial charge in [-0.2, -0.15) is 0 Å². The van der Waals surface area contributed by atoms with Gasteiger partial charge in [0.2, 0.25) is 0 Å². The van der Waals surface area contributed by atoms with Gasteiger partial charge in [-0.05, 0) is 68.1 Å². The van der Waals surface area contributed by atoms with Crippen LogP contribution in [0.25, 0.3) is 0 Å². The average Bonchev–Trinajstić information content (AvgIpc) is 2.81. The maximum Gasteiger partial charge on any atom is 0.0543 e. The Morgan fingerprint density at radius 2 is 1.95 bits per heavy atom. The van der Waals surface area contributed by atoms with Crippen LogP contribution in [0.1, 0.15) is 58.8 Å². The Labute approximate surface area is 123 Å². The number of allylic oxidation sites excluding steroid dienone is 4. The van der Waals surface area contributed by atoms with Gasteiger partial charge in [-0.25, -0.2) is 0 Å². The van der Waals surface area contributed by atoms with Crippen molar-refractivity contribution in [1.29, 1.82) is 0 Å². The van der Waals surface area contributed by atoms with Crippen molar-refractivity contribution in [2.75, 3.05) is 0 Å². The largest absolute Gasteiger partial charge is 0.393 e. The van der Waals surface area contributed by atoms with Crippen LogP contribution < -0.4 is 0 Å². The van der Waals surface area contributed by atoms with E-state index < -0.39 is 0 Å². The van der Waals surface area contributed by atoms with Gasteiger partial charge in [0.1, 0.15) is 0 Å². The molecule has 0 aliphatic heterocycles. The van der Waals surface area contributed by atoms with Gasteiger partial charge in [0.15, 0.2) is 0 Å². The first kappa shape index (κ1) is 13.1. The standard InChI is InChI=1S/C19H28O/c1-18-9-3-4-16(18)15-6-5-13-12-14(20)7-11-19(13,2)17(15)8-10-18/h3-4,9,13-15,17,20H,5-8,10-12H2,1-2H3/t13?,14-,15-,17-,18-,19-/m0/s1. The minimum atomic E-state index is -0.0224. The molecule has 1 nitrogen and oxygen atoms in total. The van der Waals surface area contributed by atoms with Gasteiger partial charge >= 0.3 is 0 Å². The van der Waals surface area contributed by atoms with E-state index in [1.54, 1.807) is 5.57 Å². The minimum absolute atomic E-state index is 0.0224. The first-order valence-corrected chi connectivity index (χ1v) is 8.61. The monoisotopic (exact) mass is 272 g/mol. The van der Waals surface area contributed by atoms with Crippen LogP contribution in [0.3, 0.4) is 0 Å². The maximum atomic E-state index is 10.0. The van der Waals surface area contributed by atoms with Gasteiger partial charge in [0.05, 0.1) is 6.10 Å². The predicted octanol–water partition coefficient (Wildman–Crippen LogP) is 4.48. The molecule has 110 valence electrons. The second-order valence-corrected chi connectivity index (χ2v) is 8.36.